The molecule has 0 aliphatic carbocycles. The first-order valence-electron chi connectivity index (χ1n) is 8.16. The topological polar surface area (TPSA) is 47.9 Å². The van der Waals surface area contributed by atoms with E-state index in [-0.39, 0.29) is 12.1 Å². The maximum absolute atomic E-state index is 12.0. The van der Waals surface area contributed by atoms with Gasteiger partial charge in [-0.3, -0.25) is 0 Å². The Morgan fingerprint density at radius 3 is 2.68 bits per heavy atom. The van der Waals surface area contributed by atoms with E-state index in [0.29, 0.717) is 12.0 Å². The number of rotatable bonds is 3. The van der Waals surface area contributed by atoms with Gasteiger partial charge in [0.25, 0.3) is 0 Å². The van der Waals surface area contributed by atoms with Gasteiger partial charge in [-0.05, 0) is 16.8 Å². The molecule has 0 saturated carbocycles. The van der Waals surface area contributed by atoms with Gasteiger partial charge < -0.3 is 9.57 Å². The molecular weight excluding hydrogens is 314 g/mol. The monoisotopic (exact) mass is 331 g/mol. The quantitative estimate of drug-likeness (QED) is 0.664. The van der Waals surface area contributed by atoms with E-state index in [1.165, 1.54) is 12.5 Å². The van der Waals surface area contributed by atoms with Crippen LogP contribution in [0.5, 0.6) is 0 Å². The van der Waals surface area contributed by atoms with Crippen molar-refractivity contribution in [3.05, 3.63) is 83.4 Å². The Labute approximate surface area is 145 Å². The lowest BCUT2D eigenvalue weighted by atomic mass is 9.94. The largest absolute Gasteiger partial charge is 0.465 e. The maximum atomic E-state index is 12.0. The minimum Gasteiger partial charge on any atom is -0.465 e. The minimum absolute atomic E-state index is 0.160. The van der Waals surface area contributed by atoms with Crippen LogP contribution in [0, 0.1) is 0 Å². The van der Waals surface area contributed by atoms with Gasteiger partial charge in [0, 0.05) is 17.5 Å². The highest BCUT2D eigenvalue weighted by atomic mass is 16.6. The number of hydrogen-bond donors (Lipinski definition) is 0. The highest BCUT2D eigenvalue weighted by Crippen LogP contribution is 2.34. The highest BCUT2D eigenvalue weighted by Gasteiger charge is 2.27. The van der Waals surface area contributed by atoms with Crippen molar-refractivity contribution in [2.24, 2.45) is 5.16 Å². The third-order valence-corrected chi connectivity index (χ3v) is 4.48. The summed E-state index contributed by atoms with van der Waals surface area (Å²) >= 11 is 0. The Morgan fingerprint density at radius 2 is 1.80 bits per heavy atom. The van der Waals surface area contributed by atoms with Crippen molar-refractivity contribution in [3.63, 3.8) is 0 Å². The standard InChI is InChI=1S/C21H17NO3/c1-24-21(23)18-11-5-4-10-16(18)19-13-20(25-22-19)17-12-6-8-14-7-2-3-9-15(14)17/h2-12,20H,13H2,1H3. The molecule has 1 atom stereocenters. The summed E-state index contributed by atoms with van der Waals surface area (Å²) in [6.45, 7) is 0. The molecule has 4 rings (SSSR count). The zero-order valence-electron chi connectivity index (χ0n) is 13.8. The van der Waals surface area contributed by atoms with Crippen LogP contribution in [0.1, 0.15) is 34.0 Å². The summed E-state index contributed by atoms with van der Waals surface area (Å²) in [5, 5.41) is 6.59. The molecule has 0 fully saturated rings. The number of oxime groups is 1. The van der Waals surface area contributed by atoms with Gasteiger partial charge in [-0.25, -0.2) is 4.79 Å². The predicted octanol–water partition coefficient (Wildman–Crippen LogP) is 4.49. The normalized spacial score (nSPS) is 16.4. The number of carbonyl (C=O) groups excluding carboxylic acids is 1. The average molecular weight is 331 g/mol. The van der Waals surface area contributed by atoms with Crippen LogP contribution in [-0.2, 0) is 9.57 Å². The van der Waals surface area contributed by atoms with Crippen molar-refractivity contribution in [1.29, 1.82) is 0 Å². The Balaban J connectivity index is 1.67. The van der Waals surface area contributed by atoms with Crippen LogP contribution < -0.4 is 0 Å². The van der Waals surface area contributed by atoms with Crippen LogP contribution in [-0.4, -0.2) is 18.8 Å². The van der Waals surface area contributed by atoms with Crippen molar-refractivity contribution < 1.29 is 14.4 Å². The molecule has 4 nitrogen and oxygen atoms in total. The van der Waals surface area contributed by atoms with Gasteiger partial charge >= 0.3 is 5.97 Å². The Bertz CT molecular complexity index is 972. The average Bonchev–Trinajstić information content (AvgIpc) is 3.16. The summed E-state index contributed by atoms with van der Waals surface area (Å²) in [6, 6.07) is 21.7. The van der Waals surface area contributed by atoms with Gasteiger partial charge in [0.2, 0.25) is 0 Å². The van der Waals surface area contributed by atoms with Crippen LogP contribution in [0.15, 0.2) is 71.9 Å². The molecule has 0 amide bonds. The molecule has 0 bridgehead atoms. The number of esters is 1. The second kappa shape index (κ2) is 6.40. The number of ether oxygens (including phenoxy) is 1. The van der Waals surface area contributed by atoms with E-state index in [2.05, 4.69) is 29.4 Å². The zero-order valence-corrected chi connectivity index (χ0v) is 13.8. The fourth-order valence-electron chi connectivity index (χ4n) is 3.26. The number of hydrogen-bond acceptors (Lipinski definition) is 4. The van der Waals surface area contributed by atoms with E-state index < -0.39 is 0 Å². The molecular formula is C21H17NO3. The molecule has 0 radical (unpaired) electrons. The molecule has 0 N–H and O–H groups in total. The third kappa shape index (κ3) is 2.76. The van der Waals surface area contributed by atoms with Crippen molar-refractivity contribution in [3.8, 4) is 0 Å². The minimum atomic E-state index is -0.369. The van der Waals surface area contributed by atoms with Gasteiger partial charge in [-0.1, -0.05) is 65.8 Å². The van der Waals surface area contributed by atoms with Crippen molar-refractivity contribution in [1.82, 2.24) is 0 Å². The number of benzene rings is 3. The van der Waals surface area contributed by atoms with Crippen LogP contribution in [0.4, 0.5) is 0 Å². The van der Waals surface area contributed by atoms with Crippen molar-refractivity contribution in [2.75, 3.05) is 7.11 Å². The van der Waals surface area contributed by atoms with Crippen LogP contribution in [0.25, 0.3) is 10.8 Å². The molecule has 1 aliphatic heterocycles. The molecule has 25 heavy (non-hydrogen) atoms. The van der Waals surface area contributed by atoms with E-state index >= 15 is 0 Å². The van der Waals surface area contributed by atoms with Crippen LogP contribution >= 0.6 is 0 Å². The first kappa shape index (κ1) is 15.4. The van der Waals surface area contributed by atoms with Gasteiger partial charge in [0.1, 0.15) is 0 Å². The Morgan fingerprint density at radius 1 is 1.04 bits per heavy atom. The molecule has 3 aromatic carbocycles. The lowest BCUT2D eigenvalue weighted by Gasteiger charge is -2.12. The molecule has 0 aromatic heterocycles. The fraction of sp³-hybridized carbons (Fsp3) is 0.143. The number of nitrogens with zero attached hydrogens (tertiary/aromatic N) is 1. The summed E-state index contributed by atoms with van der Waals surface area (Å²) in [7, 11) is 1.38. The first-order chi connectivity index (χ1) is 12.3. The van der Waals surface area contributed by atoms with Crippen molar-refractivity contribution in [2.45, 2.75) is 12.5 Å². The molecule has 1 heterocycles. The lowest BCUT2D eigenvalue weighted by Crippen LogP contribution is -2.10. The first-order valence-corrected chi connectivity index (χ1v) is 8.16. The van der Waals surface area contributed by atoms with E-state index in [1.54, 1.807) is 6.07 Å². The lowest BCUT2D eigenvalue weighted by molar-refractivity contribution is 0.0600. The third-order valence-electron chi connectivity index (χ3n) is 4.48. The van der Waals surface area contributed by atoms with Crippen LogP contribution in [0.2, 0.25) is 0 Å². The molecule has 0 spiro atoms. The molecule has 0 saturated heterocycles. The molecule has 1 aliphatic rings. The van der Waals surface area contributed by atoms with E-state index in [9.17, 15) is 4.79 Å². The Hall–Kier alpha value is -3.14. The van der Waals surface area contributed by atoms with E-state index in [0.717, 1.165) is 22.2 Å². The summed E-state index contributed by atoms with van der Waals surface area (Å²) < 4.78 is 4.87. The van der Waals surface area contributed by atoms with Gasteiger partial charge in [-0.2, -0.15) is 0 Å². The number of methoxy groups -OCH3 is 1. The number of fused-ring (bicyclic) bond motifs is 1. The summed E-state index contributed by atoms with van der Waals surface area (Å²) in [5.74, 6) is -0.369. The van der Waals surface area contributed by atoms with Gasteiger partial charge in [-0.15, -0.1) is 0 Å². The molecule has 124 valence electrons. The van der Waals surface area contributed by atoms with E-state index in [1.807, 2.05) is 36.4 Å². The smallest absolute Gasteiger partial charge is 0.338 e. The molecule has 3 aromatic rings. The molecule has 1 unspecified atom stereocenters. The SMILES string of the molecule is COC(=O)c1ccccc1C1=NOC(c2cccc3ccccc23)C1. The fourth-order valence-corrected chi connectivity index (χ4v) is 3.26. The number of carbonyl (C=O) groups is 1. The highest BCUT2D eigenvalue weighted by molar-refractivity contribution is 6.09. The van der Waals surface area contributed by atoms with E-state index in [4.69, 9.17) is 9.57 Å². The van der Waals surface area contributed by atoms with Gasteiger partial charge in [0.15, 0.2) is 6.10 Å². The Kier molecular flexibility index (Phi) is 3.94. The predicted molar refractivity (Wildman–Crippen MR) is 96.7 cm³/mol. The molecule has 4 heteroatoms. The van der Waals surface area contributed by atoms with Crippen molar-refractivity contribution >= 4 is 22.5 Å². The summed E-state index contributed by atoms with van der Waals surface area (Å²) in [4.78, 5) is 17.7. The summed E-state index contributed by atoms with van der Waals surface area (Å²) in [6.07, 6.45) is 0.453. The second-order valence-electron chi connectivity index (χ2n) is 5.94. The summed E-state index contributed by atoms with van der Waals surface area (Å²) in [5.41, 5.74) is 3.13. The van der Waals surface area contributed by atoms with Crippen LogP contribution in [0.3, 0.4) is 0 Å². The second-order valence-corrected chi connectivity index (χ2v) is 5.94. The van der Waals surface area contributed by atoms with Gasteiger partial charge in [0.05, 0.1) is 18.4 Å². The maximum Gasteiger partial charge on any atom is 0.338 e. The zero-order chi connectivity index (χ0) is 17.2.